The van der Waals surface area contributed by atoms with Gasteiger partial charge in [0.2, 0.25) is 5.89 Å². The number of esters is 1. The van der Waals surface area contributed by atoms with Crippen molar-refractivity contribution in [2.75, 3.05) is 7.11 Å². The third kappa shape index (κ3) is 2.79. The number of hydrogen-bond donors (Lipinski definition) is 1. The lowest BCUT2D eigenvalue weighted by molar-refractivity contribution is -0.140. The first-order valence-corrected chi connectivity index (χ1v) is 4.67. The Kier molecular flexibility index (Phi) is 3.14. The molecular weight excluding hydrogens is 196 g/mol. The van der Waals surface area contributed by atoms with Crippen LogP contribution in [0.5, 0.6) is 0 Å². The number of hydrogen-bond acceptors (Lipinski definition) is 5. The molecule has 1 rings (SSSR count). The summed E-state index contributed by atoms with van der Waals surface area (Å²) in [6, 6.07) is 0. The van der Waals surface area contributed by atoms with E-state index in [-0.39, 0.29) is 12.4 Å². The largest absolute Gasteiger partial charge is 0.469 e. The van der Waals surface area contributed by atoms with Crippen LogP contribution in [-0.4, -0.2) is 18.1 Å². The first-order chi connectivity index (χ1) is 6.84. The van der Waals surface area contributed by atoms with E-state index >= 15 is 0 Å². The van der Waals surface area contributed by atoms with Crippen LogP contribution < -0.4 is 5.73 Å². The number of nitrogens with zero attached hydrogens (tertiary/aromatic N) is 1. The molecule has 0 aliphatic rings. The molecule has 15 heavy (non-hydrogen) atoms. The molecule has 2 N–H and O–H groups in total. The molecule has 0 bridgehead atoms. The van der Waals surface area contributed by atoms with Gasteiger partial charge in [-0.05, 0) is 20.8 Å². The lowest BCUT2D eigenvalue weighted by Crippen LogP contribution is -2.28. The molecule has 0 saturated heterocycles. The molecule has 0 aromatic carbocycles. The first-order valence-electron chi connectivity index (χ1n) is 4.67. The lowest BCUT2D eigenvalue weighted by atomic mass is 10.0. The third-order valence-electron chi connectivity index (χ3n) is 1.95. The highest BCUT2D eigenvalue weighted by Crippen LogP contribution is 2.22. The average molecular weight is 212 g/mol. The Labute approximate surface area is 88.6 Å². The zero-order valence-electron chi connectivity index (χ0n) is 9.46. The fourth-order valence-electron chi connectivity index (χ4n) is 1.32. The fraction of sp³-hybridized carbons (Fsp3) is 0.600. The van der Waals surface area contributed by atoms with Gasteiger partial charge in [-0.15, -0.1) is 0 Å². The second kappa shape index (κ2) is 4.02. The molecule has 0 unspecified atom stereocenters. The molecule has 0 fully saturated rings. The Morgan fingerprint density at radius 1 is 1.60 bits per heavy atom. The second-order valence-corrected chi connectivity index (χ2v) is 4.00. The summed E-state index contributed by atoms with van der Waals surface area (Å²) >= 11 is 0. The smallest absolute Gasteiger partial charge is 0.314 e. The van der Waals surface area contributed by atoms with Crippen LogP contribution in [0.1, 0.15) is 31.2 Å². The topological polar surface area (TPSA) is 78.3 Å². The first kappa shape index (κ1) is 11.7. The maximum absolute atomic E-state index is 11.0. The van der Waals surface area contributed by atoms with Gasteiger partial charge in [-0.25, -0.2) is 4.98 Å². The molecule has 0 aliphatic heterocycles. The van der Waals surface area contributed by atoms with E-state index in [4.69, 9.17) is 10.2 Å². The van der Waals surface area contributed by atoms with E-state index in [1.54, 1.807) is 6.92 Å². The van der Waals surface area contributed by atoms with Crippen LogP contribution in [0.25, 0.3) is 0 Å². The highest BCUT2D eigenvalue weighted by Gasteiger charge is 2.24. The van der Waals surface area contributed by atoms with Crippen LogP contribution in [0.15, 0.2) is 4.42 Å². The summed E-state index contributed by atoms with van der Waals surface area (Å²) in [5, 5.41) is 0. The molecule has 0 amide bonds. The van der Waals surface area contributed by atoms with Gasteiger partial charge in [0.05, 0.1) is 18.3 Å². The van der Waals surface area contributed by atoms with Crippen molar-refractivity contribution in [2.45, 2.75) is 32.7 Å². The monoisotopic (exact) mass is 212 g/mol. The van der Waals surface area contributed by atoms with E-state index in [9.17, 15) is 4.79 Å². The number of aromatic nitrogens is 1. The predicted molar refractivity (Wildman–Crippen MR) is 54.2 cm³/mol. The van der Waals surface area contributed by atoms with Crippen molar-refractivity contribution in [2.24, 2.45) is 5.73 Å². The summed E-state index contributed by atoms with van der Waals surface area (Å²) in [7, 11) is 1.33. The van der Waals surface area contributed by atoms with Gasteiger partial charge in [-0.3, -0.25) is 4.79 Å². The Hall–Kier alpha value is -1.36. The summed E-state index contributed by atoms with van der Waals surface area (Å²) in [4.78, 5) is 15.1. The Bertz CT molecular complexity index is 363. The normalized spacial score (nSPS) is 11.5. The van der Waals surface area contributed by atoms with Gasteiger partial charge in [-0.2, -0.15) is 0 Å². The molecule has 0 aliphatic carbocycles. The van der Waals surface area contributed by atoms with Crippen LogP contribution >= 0.6 is 0 Å². The van der Waals surface area contributed by atoms with E-state index in [1.807, 2.05) is 13.8 Å². The number of oxazole rings is 1. The summed E-state index contributed by atoms with van der Waals surface area (Å²) in [5.41, 5.74) is 6.00. The number of carbonyl (C=O) groups excluding carboxylic acids is 1. The molecule has 5 heteroatoms. The molecule has 1 aromatic rings. The van der Waals surface area contributed by atoms with Gasteiger partial charge >= 0.3 is 5.97 Å². The Morgan fingerprint density at radius 2 is 2.20 bits per heavy atom. The third-order valence-corrected chi connectivity index (χ3v) is 1.95. The van der Waals surface area contributed by atoms with Gasteiger partial charge in [-0.1, -0.05) is 0 Å². The van der Waals surface area contributed by atoms with E-state index in [1.165, 1.54) is 7.11 Å². The van der Waals surface area contributed by atoms with Crippen LogP contribution in [0.4, 0.5) is 0 Å². The van der Waals surface area contributed by atoms with E-state index < -0.39 is 5.54 Å². The van der Waals surface area contributed by atoms with Crippen LogP contribution in [0.3, 0.4) is 0 Å². The van der Waals surface area contributed by atoms with Crippen molar-refractivity contribution in [3.05, 3.63) is 17.3 Å². The van der Waals surface area contributed by atoms with Crippen LogP contribution in [0.2, 0.25) is 0 Å². The zero-order valence-corrected chi connectivity index (χ0v) is 9.46. The lowest BCUT2D eigenvalue weighted by Gasteiger charge is -2.15. The molecule has 0 radical (unpaired) electrons. The molecular formula is C10H16N2O3. The Morgan fingerprint density at radius 3 is 2.60 bits per heavy atom. The second-order valence-electron chi connectivity index (χ2n) is 4.00. The number of rotatable bonds is 3. The predicted octanol–water partition coefficient (Wildman–Crippen LogP) is 0.892. The number of nitrogens with two attached hydrogens (primary N) is 1. The highest BCUT2D eigenvalue weighted by atomic mass is 16.5. The van der Waals surface area contributed by atoms with E-state index in [0.29, 0.717) is 17.3 Å². The number of carbonyl (C=O) groups is 1. The van der Waals surface area contributed by atoms with Crippen molar-refractivity contribution < 1.29 is 13.9 Å². The summed E-state index contributed by atoms with van der Waals surface area (Å²) in [6.45, 7) is 5.44. The van der Waals surface area contributed by atoms with Crippen molar-refractivity contribution in [1.29, 1.82) is 0 Å². The number of methoxy groups -OCH3 is 1. The maximum Gasteiger partial charge on any atom is 0.314 e. The van der Waals surface area contributed by atoms with Gasteiger partial charge < -0.3 is 14.9 Å². The summed E-state index contributed by atoms with van der Waals surface area (Å²) in [6.07, 6.45) is 0.0351. The van der Waals surface area contributed by atoms with Gasteiger partial charge in [0.15, 0.2) is 0 Å². The minimum absolute atomic E-state index is 0.0351. The zero-order chi connectivity index (χ0) is 11.6. The standard InChI is InChI=1S/C10H16N2O3/c1-6-9(10(2,3)11)15-7(12-6)5-8(13)14-4/h5,11H2,1-4H3. The molecule has 5 nitrogen and oxygen atoms in total. The number of aryl methyl sites for hydroxylation is 1. The van der Waals surface area contributed by atoms with E-state index in [0.717, 1.165) is 0 Å². The Balaban J connectivity index is 2.91. The van der Waals surface area contributed by atoms with Crippen LogP contribution in [0, 0.1) is 6.92 Å². The minimum Gasteiger partial charge on any atom is -0.469 e. The number of ether oxygens (including phenoxy) is 1. The SMILES string of the molecule is COC(=O)Cc1nc(C)c(C(C)(C)N)o1. The van der Waals surface area contributed by atoms with Gasteiger partial charge in [0.25, 0.3) is 0 Å². The quantitative estimate of drug-likeness (QED) is 0.753. The molecule has 0 atom stereocenters. The minimum atomic E-state index is -0.592. The fourth-order valence-corrected chi connectivity index (χ4v) is 1.32. The molecule has 1 heterocycles. The molecule has 0 saturated carbocycles. The van der Waals surface area contributed by atoms with Gasteiger partial charge in [0, 0.05) is 0 Å². The highest BCUT2D eigenvalue weighted by molar-refractivity contribution is 5.71. The summed E-state index contributed by atoms with van der Waals surface area (Å²) in [5.74, 6) is 0.562. The average Bonchev–Trinajstić information content (AvgIpc) is 2.45. The van der Waals surface area contributed by atoms with Crippen LogP contribution in [-0.2, 0) is 21.5 Å². The maximum atomic E-state index is 11.0. The van der Waals surface area contributed by atoms with E-state index in [2.05, 4.69) is 9.72 Å². The van der Waals surface area contributed by atoms with Gasteiger partial charge in [0.1, 0.15) is 12.2 Å². The van der Waals surface area contributed by atoms with Crippen molar-refractivity contribution in [3.8, 4) is 0 Å². The molecule has 0 spiro atoms. The van der Waals surface area contributed by atoms with Crippen molar-refractivity contribution in [1.82, 2.24) is 4.98 Å². The van der Waals surface area contributed by atoms with Crippen molar-refractivity contribution in [3.63, 3.8) is 0 Å². The molecule has 1 aromatic heterocycles. The molecule has 84 valence electrons. The van der Waals surface area contributed by atoms with Crippen molar-refractivity contribution >= 4 is 5.97 Å². The summed E-state index contributed by atoms with van der Waals surface area (Å²) < 4.78 is 9.93.